The van der Waals surface area contributed by atoms with Crippen LogP contribution in [0.25, 0.3) is 0 Å². The quantitative estimate of drug-likeness (QED) is 0.353. The molecule has 1 aromatic carbocycles. The molecule has 0 saturated carbocycles. The number of hydrogen-bond acceptors (Lipinski definition) is 7. The van der Waals surface area contributed by atoms with Crippen molar-refractivity contribution in [1.29, 1.82) is 0 Å². The van der Waals surface area contributed by atoms with E-state index in [9.17, 15) is 24.0 Å². The van der Waals surface area contributed by atoms with Crippen LogP contribution < -0.4 is 10.6 Å². The lowest BCUT2D eigenvalue weighted by molar-refractivity contribution is -0.136. The Labute approximate surface area is 210 Å². The minimum Gasteiger partial charge on any atom is -0.384 e. The summed E-state index contributed by atoms with van der Waals surface area (Å²) < 4.78 is 5.32. The highest BCUT2D eigenvalue weighted by Crippen LogP contribution is 2.32. The summed E-state index contributed by atoms with van der Waals surface area (Å²) in [7, 11) is 1.69. The van der Waals surface area contributed by atoms with E-state index in [1.165, 1.54) is 0 Å². The lowest BCUT2D eigenvalue weighted by atomic mass is 10.0. The first-order chi connectivity index (χ1) is 17.4. The summed E-state index contributed by atoms with van der Waals surface area (Å²) in [4.78, 5) is 64.9. The highest BCUT2D eigenvalue weighted by atomic mass is 16.5. The van der Waals surface area contributed by atoms with Crippen LogP contribution in [0, 0.1) is 0 Å². The average Bonchev–Trinajstić information content (AvgIpc) is 3.45. The number of piperidine rings is 1. The van der Waals surface area contributed by atoms with Crippen molar-refractivity contribution in [1.82, 2.24) is 15.1 Å². The molecule has 36 heavy (non-hydrogen) atoms. The Morgan fingerprint density at radius 2 is 1.83 bits per heavy atom. The van der Waals surface area contributed by atoms with Crippen molar-refractivity contribution >= 4 is 35.2 Å². The molecule has 2 N–H and O–H groups in total. The number of ether oxygens (including phenoxy) is 1. The normalized spacial score (nSPS) is 21.7. The number of methoxy groups -OCH3 is 1. The monoisotopic (exact) mass is 498 g/mol. The van der Waals surface area contributed by atoms with E-state index >= 15 is 0 Å². The van der Waals surface area contributed by atoms with Gasteiger partial charge in [-0.3, -0.25) is 34.2 Å². The highest BCUT2D eigenvalue weighted by Gasteiger charge is 2.45. The SMILES string of the molecule is CO[C@@H]1CCN(C(=O)CCCCCCCNc2cccc3c2C(=O)N(C2CCC(=O)NC2=O)C3=O)C1. The number of benzene rings is 1. The van der Waals surface area contributed by atoms with Crippen LogP contribution in [0.2, 0.25) is 0 Å². The van der Waals surface area contributed by atoms with Crippen molar-refractivity contribution in [3.63, 3.8) is 0 Å². The molecule has 3 heterocycles. The predicted molar refractivity (Wildman–Crippen MR) is 131 cm³/mol. The van der Waals surface area contributed by atoms with Crippen molar-refractivity contribution in [3.05, 3.63) is 29.3 Å². The number of nitrogens with zero attached hydrogens (tertiary/aromatic N) is 2. The van der Waals surface area contributed by atoms with E-state index in [0.29, 0.717) is 25.2 Å². The number of imide groups is 2. The lowest BCUT2D eigenvalue weighted by Crippen LogP contribution is -2.54. The van der Waals surface area contributed by atoms with Crippen LogP contribution >= 0.6 is 0 Å². The first-order valence-electron chi connectivity index (χ1n) is 12.8. The van der Waals surface area contributed by atoms with Crippen molar-refractivity contribution in [2.75, 3.05) is 32.1 Å². The molecule has 2 saturated heterocycles. The van der Waals surface area contributed by atoms with Crippen LogP contribution in [-0.4, -0.2) is 78.2 Å². The van der Waals surface area contributed by atoms with Crippen LogP contribution in [0.15, 0.2) is 18.2 Å². The predicted octanol–water partition coefficient (Wildman–Crippen LogP) is 2.09. The summed E-state index contributed by atoms with van der Waals surface area (Å²) in [6, 6.07) is 4.09. The number of fused-ring (bicyclic) bond motifs is 1. The van der Waals surface area contributed by atoms with Crippen LogP contribution in [0.5, 0.6) is 0 Å². The highest BCUT2D eigenvalue weighted by molar-refractivity contribution is 6.25. The smallest absolute Gasteiger partial charge is 0.264 e. The van der Waals surface area contributed by atoms with Crippen molar-refractivity contribution in [2.24, 2.45) is 0 Å². The maximum absolute atomic E-state index is 13.1. The van der Waals surface area contributed by atoms with E-state index in [1.54, 1.807) is 25.3 Å². The first-order valence-corrected chi connectivity index (χ1v) is 12.8. The zero-order valence-electron chi connectivity index (χ0n) is 20.7. The van der Waals surface area contributed by atoms with Gasteiger partial charge >= 0.3 is 0 Å². The van der Waals surface area contributed by atoms with Crippen LogP contribution in [0.3, 0.4) is 0 Å². The Hall–Kier alpha value is -3.27. The van der Waals surface area contributed by atoms with Gasteiger partial charge in [0.2, 0.25) is 17.7 Å². The van der Waals surface area contributed by atoms with Gasteiger partial charge < -0.3 is 15.0 Å². The summed E-state index contributed by atoms with van der Waals surface area (Å²) in [5.74, 6) is -1.81. The summed E-state index contributed by atoms with van der Waals surface area (Å²) in [6.45, 7) is 2.12. The third kappa shape index (κ3) is 5.59. The van der Waals surface area contributed by atoms with Crippen LogP contribution in [0.4, 0.5) is 5.69 Å². The number of carbonyl (C=O) groups excluding carboxylic acids is 5. The second kappa shape index (κ2) is 11.6. The fraction of sp³-hybridized carbons (Fsp3) is 0.577. The summed E-state index contributed by atoms with van der Waals surface area (Å²) >= 11 is 0. The number of hydrogen-bond donors (Lipinski definition) is 2. The van der Waals surface area contributed by atoms with Gasteiger partial charge in [-0.25, -0.2) is 0 Å². The zero-order valence-corrected chi connectivity index (χ0v) is 20.7. The van der Waals surface area contributed by atoms with E-state index in [-0.39, 0.29) is 36.0 Å². The Morgan fingerprint density at radius 1 is 1.06 bits per heavy atom. The minimum atomic E-state index is -0.971. The third-order valence-electron chi connectivity index (χ3n) is 7.18. The third-order valence-corrected chi connectivity index (χ3v) is 7.18. The largest absolute Gasteiger partial charge is 0.384 e. The zero-order chi connectivity index (χ0) is 25.7. The molecule has 0 spiro atoms. The van der Waals surface area contributed by atoms with Gasteiger partial charge in [0.15, 0.2) is 0 Å². The molecule has 2 atom stereocenters. The van der Waals surface area contributed by atoms with Crippen LogP contribution in [0.1, 0.15) is 78.5 Å². The van der Waals surface area contributed by atoms with Gasteiger partial charge in [-0.05, 0) is 37.8 Å². The molecule has 0 bridgehead atoms. The molecule has 0 aromatic heterocycles. The molecule has 4 rings (SSSR count). The first kappa shape index (κ1) is 25.8. The van der Waals surface area contributed by atoms with E-state index in [4.69, 9.17) is 4.74 Å². The van der Waals surface area contributed by atoms with Gasteiger partial charge in [0, 0.05) is 45.3 Å². The standard InChI is InChI=1S/C26H34N4O6/c1-36-17-13-15-29(16-17)22(32)10-5-3-2-4-6-14-27-19-9-7-8-18-23(19)26(35)30(25(18)34)20-11-12-21(31)28-24(20)33/h7-9,17,20,27H,2-6,10-16H2,1H3,(H,28,31,33)/t17-,20?/m1/s1. The van der Waals surface area contributed by atoms with Gasteiger partial charge in [-0.1, -0.05) is 25.3 Å². The molecule has 1 aromatic rings. The summed E-state index contributed by atoms with van der Waals surface area (Å²) in [5, 5.41) is 5.48. The molecule has 194 valence electrons. The molecular formula is C26H34N4O6. The number of amides is 5. The molecule has 10 nitrogen and oxygen atoms in total. The summed E-state index contributed by atoms with van der Waals surface area (Å²) in [6.07, 6.45) is 6.63. The number of nitrogens with one attached hydrogen (secondary N) is 2. The molecule has 10 heteroatoms. The number of anilines is 1. The number of rotatable bonds is 11. The maximum atomic E-state index is 13.1. The molecule has 5 amide bonds. The fourth-order valence-corrected chi connectivity index (χ4v) is 5.12. The second-order valence-electron chi connectivity index (χ2n) is 9.61. The minimum absolute atomic E-state index is 0.0929. The van der Waals surface area contributed by atoms with Gasteiger partial charge in [0.05, 0.1) is 17.2 Å². The van der Waals surface area contributed by atoms with E-state index in [2.05, 4.69) is 10.6 Å². The number of unbranched alkanes of at least 4 members (excludes halogenated alkanes) is 4. The van der Waals surface area contributed by atoms with Gasteiger partial charge in [0.1, 0.15) is 6.04 Å². The van der Waals surface area contributed by atoms with Crippen molar-refractivity contribution < 1.29 is 28.7 Å². The molecule has 2 fully saturated rings. The lowest BCUT2D eigenvalue weighted by Gasteiger charge is -2.27. The number of carbonyl (C=O) groups is 5. The Bertz CT molecular complexity index is 1040. The summed E-state index contributed by atoms with van der Waals surface area (Å²) in [5.41, 5.74) is 1.13. The number of likely N-dealkylation sites (tertiary alicyclic amines) is 1. The molecule has 0 radical (unpaired) electrons. The van der Waals surface area contributed by atoms with Gasteiger partial charge in [-0.2, -0.15) is 0 Å². The second-order valence-corrected chi connectivity index (χ2v) is 9.61. The van der Waals surface area contributed by atoms with Crippen molar-refractivity contribution in [3.8, 4) is 0 Å². The Balaban J connectivity index is 1.19. The van der Waals surface area contributed by atoms with Gasteiger partial charge in [-0.15, -0.1) is 0 Å². The Morgan fingerprint density at radius 3 is 2.58 bits per heavy atom. The van der Waals surface area contributed by atoms with Crippen LogP contribution in [-0.2, 0) is 19.1 Å². The van der Waals surface area contributed by atoms with Gasteiger partial charge in [0.25, 0.3) is 11.8 Å². The molecular weight excluding hydrogens is 464 g/mol. The molecule has 3 aliphatic heterocycles. The average molecular weight is 499 g/mol. The maximum Gasteiger partial charge on any atom is 0.264 e. The fourth-order valence-electron chi connectivity index (χ4n) is 5.12. The topological polar surface area (TPSA) is 125 Å². The van der Waals surface area contributed by atoms with Crippen molar-refractivity contribution in [2.45, 2.75) is 69.9 Å². The van der Waals surface area contributed by atoms with E-state index in [0.717, 1.165) is 50.0 Å². The molecule has 0 aliphatic carbocycles. The van der Waals surface area contributed by atoms with E-state index < -0.39 is 29.7 Å². The molecule has 1 unspecified atom stereocenters. The molecule has 3 aliphatic rings. The van der Waals surface area contributed by atoms with E-state index in [1.807, 2.05) is 4.90 Å². The Kier molecular flexibility index (Phi) is 8.35.